The van der Waals surface area contributed by atoms with Crippen LogP contribution < -0.4 is 5.32 Å². The number of fused-ring (bicyclic) bond motifs is 1. The molecule has 4 rings (SSSR count). The van der Waals surface area contributed by atoms with Gasteiger partial charge < -0.3 is 10.1 Å². The highest BCUT2D eigenvalue weighted by Crippen LogP contribution is 2.31. The first-order chi connectivity index (χ1) is 14.2. The molecule has 3 aromatic heterocycles. The molecule has 3 aromatic rings. The molecule has 1 N–H and O–H groups in total. The molecular formula is C22H30N6O. The van der Waals surface area contributed by atoms with E-state index in [1.807, 2.05) is 29.3 Å². The van der Waals surface area contributed by atoms with Crippen LogP contribution in [-0.2, 0) is 24.4 Å². The van der Waals surface area contributed by atoms with Crippen LogP contribution in [0.3, 0.4) is 0 Å². The Kier molecular flexibility index (Phi) is 6.06. The summed E-state index contributed by atoms with van der Waals surface area (Å²) in [7, 11) is 2.14. The first-order valence-corrected chi connectivity index (χ1v) is 10.4. The maximum Gasteiger partial charge on any atom is 0.160 e. The zero-order valence-electron chi connectivity index (χ0n) is 17.6. The molecule has 1 aliphatic rings. The van der Waals surface area contributed by atoms with Crippen LogP contribution in [0.1, 0.15) is 36.6 Å². The van der Waals surface area contributed by atoms with E-state index >= 15 is 0 Å². The summed E-state index contributed by atoms with van der Waals surface area (Å²) in [6.07, 6.45) is 7.74. The molecule has 0 atom stereocenters. The number of nitrogens with zero attached hydrogens (tertiary/aromatic N) is 5. The maximum absolute atomic E-state index is 5.55. The van der Waals surface area contributed by atoms with Crippen molar-refractivity contribution in [1.29, 1.82) is 0 Å². The monoisotopic (exact) mass is 394 g/mol. The van der Waals surface area contributed by atoms with Crippen molar-refractivity contribution in [3.63, 3.8) is 0 Å². The van der Waals surface area contributed by atoms with Crippen molar-refractivity contribution >= 4 is 16.7 Å². The van der Waals surface area contributed by atoms with Gasteiger partial charge in [0.15, 0.2) is 5.65 Å². The van der Waals surface area contributed by atoms with Crippen LogP contribution >= 0.6 is 0 Å². The Morgan fingerprint density at radius 3 is 2.79 bits per heavy atom. The van der Waals surface area contributed by atoms with Gasteiger partial charge in [0.25, 0.3) is 0 Å². The molecule has 0 aliphatic carbocycles. The molecular weight excluding hydrogens is 364 g/mol. The Balaban J connectivity index is 1.67. The number of ether oxygens (including phenoxy) is 1. The average molecular weight is 395 g/mol. The van der Waals surface area contributed by atoms with Crippen LogP contribution in [0.25, 0.3) is 11.0 Å². The second kappa shape index (κ2) is 8.88. The van der Waals surface area contributed by atoms with E-state index < -0.39 is 0 Å². The summed E-state index contributed by atoms with van der Waals surface area (Å²) in [6, 6.07) is 4.52. The van der Waals surface area contributed by atoms with Gasteiger partial charge in [0.1, 0.15) is 0 Å². The van der Waals surface area contributed by atoms with E-state index in [1.165, 1.54) is 16.8 Å². The lowest BCUT2D eigenvalue weighted by Gasteiger charge is -2.27. The molecule has 0 saturated carbocycles. The molecule has 29 heavy (non-hydrogen) atoms. The summed E-state index contributed by atoms with van der Waals surface area (Å²) in [4.78, 5) is 11.5. The number of hydrogen-bond donors (Lipinski definition) is 1. The second-order valence-electron chi connectivity index (χ2n) is 7.81. The van der Waals surface area contributed by atoms with Gasteiger partial charge in [0, 0.05) is 62.5 Å². The minimum Gasteiger partial charge on any atom is -0.381 e. The topological polar surface area (TPSA) is 68.1 Å². The quantitative estimate of drug-likeness (QED) is 0.663. The Labute approximate surface area is 172 Å². The number of aromatic nitrogens is 4. The molecule has 0 radical (unpaired) electrons. The highest BCUT2D eigenvalue weighted by atomic mass is 16.5. The fourth-order valence-corrected chi connectivity index (χ4v) is 4.01. The molecule has 1 aliphatic heterocycles. The van der Waals surface area contributed by atoms with E-state index in [0.717, 1.165) is 62.4 Å². The van der Waals surface area contributed by atoms with Gasteiger partial charge in [-0.05, 0) is 45.4 Å². The largest absolute Gasteiger partial charge is 0.381 e. The van der Waals surface area contributed by atoms with Crippen molar-refractivity contribution in [2.45, 2.75) is 52.4 Å². The summed E-state index contributed by atoms with van der Waals surface area (Å²) in [5, 5.41) is 9.50. The normalized spacial score (nSPS) is 15.3. The molecule has 4 heterocycles. The van der Waals surface area contributed by atoms with E-state index in [4.69, 9.17) is 9.72 Å². The number of pyridine rings is 2. The molecule has 0 bridgehead atoms. The van der Waals surface area contributed by atoms with E-state index in [9.17, 15) is 0 Å². The van der Waals surface area contributed by atoms with Gasteiger partial charge in [0.2, 0.25) is 0 Å². The van der Waals surface area contributed by atoms with Gasteiger partial charge in [-0.25, -0.2) is 9.67 Å². The van der Waals surface area contributed by atoms with Crippen molar-refractivity contribution < 1.29 is 4.74 Å². The minimum absolute atomic E-state index is 0.418. The summed E-state index contributed by atoms with van der Waals surface area (Å²) in [6.45, 7) is 8.31. The lowest BCUT2D eigenvalue weighted by Crippen LogP contribution is -2.29. The summed E-state index contributed by atoms with van der Waals surface area (Å²) < 4.78 is 7.52. The van der Waals surface area contributed by atoms with Gasteiger partial charge >= 0.3 is 0 Å². The smallest absolute Gasteiger partial charge is 0.160 e. The van der Waals surface area contributed by atoms with Crippen molar-refractivity contribution in [1.82, 2.24) is 24.6 Å². The van der Waals surface area contributed by atoms with Gasteiger partial charge in [0.05, 0.1) is 17.3 Å². The third-order valence-corrected chi connectivity index (χ3v) is 5.57. The Bertz CT molecular complexity index is 949. The lowest BCUT2D eigenvalue weighted by atomic mass is 10.0. The van der Waals surface area contributed by atoms with Gasteiger partial charge in [-0.15, -0.1) is 0 Å². The van der Waals surface area contributed by atoms with Crippen LogP contribution in [-0.4, -0.2) is 51.0 Å². The zero-order chi connectivity index (χ0) is 20.2. The predicted molar refractivity (Wildman–Crippen MR) is 115 cm³/mol. The van der Waals surface area contributed by atoms with Gasteiger partial charge in [-0.2, -0.15) is 5.10 Å². The number of nitrogens with one attached hydrogen (secondary N) is 1. The van der Waals surface area contributed by atoms with Crippen molar-refractivity contribution in [2.75, 3.05) is 25.6 Å². The first kappa shape index (κ1) is 19.8. The maximum atomic E-state index is 5.55. The minimum atomic E-state index is 0.418. The molecule has 1 fully saturated rings. The van der Waals surface area contributed by atoms with Crippen LogP contribution in [0.2, 0.25) is 0 Å². The average Bonchev–Trinajstić information content (AvgIpc) is 3.14. The predicted octanol–water partition coefficient (Wildman–Crippen LogP) is 3.38. The number of rotatable bonds is 7. The second-order valence-corrected chi connectivity index (χ2v) is 7.81. The number of anilines is 1. The van der Waals surface area contributed by atoms with Gasteiger partial charge in [-0.3, -0.25) is 9.88 Å². The first-order valence-electron chi connectivity index (χ1n) is 10.4. The standard InChI is InChI=1S/C22H30N6O/c1-4-28-22-19(13-24-28)21(26-18-7-10-29-11-8-18)20(16(2)25-22)15-27(3)14-17-6-5-9-23-12-17/h5-6,9,12-13,18H,4,7-8,10-11,14-15H2,1-3H3,(H,25,26). The van der Waals surface area contributed by atoms with Crippen LogP contribution in [0, 0.1) is 6.92 Å². The Morgan fingerprint density at radius 1 is 1.24 bits per heavy atom. The molecule has 7 nitrogen and oxygen atoms in total. The summed E-state index contributed by atoms with van der Waals surface area (Å²) in [5.74, 6) is 0. The highest BCUT2D eigenvalue weighted by Gasteiger charge is 2.21. The van der Waals surface area contributed by atoms with Crippen LogP contribution in [0.4, 0.5) is 5.69 Å². The van der Waals surface area contributed by atoms with Crippen LogP contribution in [0.15, 0.2) is 30.7 Å². The van der Waals surface area contributed by atoms with E-state index in [2.05, 4.69) is 47.3 Å². The lowest BCUT2D eigenvalue weighted by molar-refractivity contribution is 0.0904. The van der Waals surface area contributed by atoms with Crippen molar-refractivity contribution in [2.24, 2.45) is 0 Å². The van der Waals surface area contributed by atoms with Crippen molar-refractivity contribution in [3.8, 4) is 0 Å². The molecule has 0 amide bonds. The number of hydrogen-bond acceptors (Lipinski definition) is 6. The van der Waals surface area contributed by atoms with E-state index in [-0.39, 0.29) is 0 Å². The third kappa shape index (κ3) is 4.41. The van der Waals surface area contributed by atoms with Gasteiger partial charge in [-0.1, -0.05) is 6.07 Å². The molecule has 7 heteroatoms. The van der Waals surface area contributed by atoms with Crippen LogP contribution in [0.5, 0.6) is 0 Å². The fourth-order valence-electron chi connectivity index (χ4n) is 4.01. The third-order valence-electron chi connectivity index (χ3n) is 5.57. The molecule has 0 aromatic carbocycles. The zero-order valence-corrected chi connectivity index (χ0v) is 17.6. The number of aryl methyl sites for hydroxylation is 2. The SMILES string of the molecule is CCn1ncc2c(NC3CCOCC3)c(CN(C)Cc3cccnc3)c(C)nc21. The molecule has 0 spiro atoms. The van der Waals surface area contributed by atoms with E-state index in [1.54, 1.807) is 0 Å². The summed E-state index contributed by atoms with van der Waals surface area (Å²) >= 11 is 0. The molecule has 1 saturated heterocycles. The highest BCUT2D eigenvalue weighted by molar-refractivity contribution is 5.91. The molecule has 0 unspecified atom stereocenters. The fraction of sp³-hybridized carbons (Fsp3) is 0.500. The summed E-state index contributed by atoms with van der Waals surface area (Å²) in [5.41, 5.74) is 5.64. The Hall–Kier alpha value is -2.51. The van der Waals surface area contributed by atoms with E-state index in [0.29, 0.717) is 6.04 Å². The Morgan fingerprint density at radius 2 is 2.07 bits per heavy atom. The van der Waals surface area contributed by atoms with Crippen molar-refractivity contribution in [3.05, 3.63) is 47.5 Å². The molecule has 154 valence electrons.